The molecule has 1 aliphatic rings. The summed E-state index contributed by atoms with van der Waals surface area (Å²) in [7, 11) is 1.82. The van der Waals surface area contributed by atoms with Crippen molar-refractivity contribution in [2.75, 3.05) is 12.1 Å². The number of aromatic nitrogens is 4. The highest BCUT2D eigenvalue weighted by molar-refractivity contribution is 6.30. The van der Waals surface area contributed by atoms with E-state index in [4.69, 9.17) is 16.3 Å². The van der Waals surface area contributed by atoms with Gasteiger partial charge in [-0.2, -0.15) is 4.98 Å². The molecular weight excluding hydrogens is 304 g/mol. The maximum Gasteiger partial charge on any atom is 0.257 e. The summed E-state index contributed by atoms with van der Waals surface area (Å²) < 4.78 is 7.74. The lowest BCUT2D eigenvalue weighted by atomic mass is 10.2. The average molecular weight is 315 g/mol. The number of hydrogen-bond acceptors (Lipinski definition) is 6. The third kappa shape index (κ3) is 1.90. The molecule has 7 nitrogen and oxygen atoms in total. The van der Waals surface area contributed by atoms with Gasteiger partial charge in [-0.1, -0.05) is 11.6 Å². The largest absolute Gasteiger partial charge is 0.431 e. The van der Waals surface area contributed by atoms with Crippen LogP contribution < -0.4 is 9.75 Å². The van der Waals surface area contributed by atoms with Crippen LogP contribution in [0.1, 0.15) is 11.3 Å². The Kier molecular flexibility index (Phi) is 2.77. The van der Waals surface area contributed by atoms with Crippen LogP contribution in [0, 0.1) is 6.92 Å². The first-order valence-electron chi connectivity index (χ1n) is 6.60. The number of fused-ring (bicyclic) bond motifs is 2. The molecule has 2 aromatic heterocycles. The third-order valence-electron chi connectivity index (χ3n) is 3.47. The molecule has 1 aromatic carbocycles. The second-order valence-electron chi connectivity index (χ2n) is 4.89. The fourth-order valence-electron chi connectivity index (χ4n) is 2.31. The van der Waals surface area contributed by atoms with Crippen LogP contribution in [-0.2, 0) is 0 Å². The average Bonchev–Trinajstić information content (AvgIpc) is 2.98. The van der Waals surface area contributed by atoms with Crippen molar-refractivity contribution in [1.82, 2.24) is 19.6 Å². The lowest BCUT2D eigenvalue weighted by Crippen LogP contribution is -2.26. The Hall–Kier alpha value is -2.67. The van der Waals surface area contributed by atoms with Crippen LogP contribution in [0.15, 0.2) is 35.7 Å². The van der Waals surface area contributed by atoms with E-state index in [2.05, 4.69) is 20.3 Å². The SMILES string of the molecule is Cc1c2c(nc3nncn13)N(C)N=C(c1ccc(Cl)cc1)O2. The highest BCUT2D eigenvalue weighted by Crippen LogP contribution is 2.33. The lowest BCUT2D eigenvalue weighted by Gasteiger charge is -2.24. The molecule has 0 spiro atoms. The van der Waals surface area contributed by atoms with E-state index in [0.29, 0.717) is 28.3 Å². The van der Waals surface area contributed by atoms with Crippen molar-refractivity contribution in [3.63, 3.8) is 0 Å². The van der Waals surface area contributed by atoms with Crippen molar-refractivity contribution in [2.45, 2.75) is 6.92 Å². The number of nitrogens with zero attached hydrogens (tertiary/aromatic N) is 6. The van der Waals surface area contributed by atoms with Crippen LogP contribution in [0.4, 0.5) is 5.82 Å². The lowest BCUT2D eigenvalue weighted by molar-refractivity contribution is 0.518. The molecule has 8 heteroatoms. The highest BCUT2D eigenvalue weighted by atomic mass is 35.5. The molecule has 1 aliphatic heterocycles. The van der Waals surface area contributed by atoms with Gasteiger partial charge in [-0.15, -0.1) is 15.3 Å². The van der Waals surface area contributed by atoms with Crippen LogP contribution in [-0.4, -0.2) is 32.5 Å². The minimum Gasteiger partial charge on any atom is -0.431 e. The summed E-state index contributed by atoms with van der Waals surface area (Å²) in [6.07, 6.45) is 1.61. The second kappa shape index (κ2) is 4.67. The molecule has 4 rings (SSSR count). The predicted molar refractivity (Wildman–Crippen MR) is 82.5 cm³/mol. The van der Waals surface area contributed by atoms with E-state index in [1.54, 1.807) is 27.9 Å². The summed E-state index contributed by atoms with van der Waals surface area (Å²) in [5, 5.41) is 14.6. The van der Waals surface area contributed by atoms with E-state index in [9.17, 15) is 0 Å². The molecule has 0 aliphatic carbocycles. The van der Waals surface area contributed by atoms with Gasteiger partial charge in [-0.05, 0) is 31.2 Å². The molecule has 0 N–H and O–H groups in total. The Balaban J connectivity index is 1.84. The molecule has 0 fully saturated rings. The van der Waals surface area contributed by atoms with Gasteiger partial charge in [0.05, 0.1) is 5.69 Å². The molecule has 0 radical (unpaired) electrons. The molecule has 0 bridgehead atoms. The van der Waals surface area contributed by atoms with Gasteiger partial charge in [0, 0.05) is 17.6 Å². The minimum atomic E-state index is 0.490. The maximum atomic E-state index is 5.96. The third-order valence-corrected chi connectivity index (χ3v) is 3.72. The molecule has 0 saturated carbocycles. The summed E-state index contributed by atoms with van der Waals surface area (Å²) in [5.74, 6) is 2.24. The molecule has 3 heterocycles. The van der Waals surface area contributed by atoms with Crippen LogP contribution in [0.2, 0.25) is 5.02 Å². The van der Waals surface area contributed by atoms with Crippen LogP contribution in [0.5, 0.6) is 5.75 Å². The minimum absolute atomic E-state index is 0.490. The molecule has 22 heavy (non-hydrogen) atoms. The van der Waals surface area contributed by atoms with E-state index >= 15 is 0 Å². The van der Waals surface area contributed by atoms with Gasteiger partial charge >= 0.3 is 0 Å². The molecule has 0 saturated heterocycles. The standard InChI is InChI=1S/C14H11ClN6O/c1-8-11-12(17-14-18-16-7-21(8)14)20(2)19-13(22-11)9-3-5-10(15)6-4-9/h3-7H,1-2H3. The fraction of sp³-hybridized carbons (Fsp3) is 0.143. The number of halogens is 1. The molecular formula is C14H11ClN6O. The molecule has 0 amide bonds. The Morgan fingerprint density at radius 3 is 2.73 bits per heavy atom. The van der Waals surface area contributed by atoms with Gasteiger partial charge in [0.15, 0.2) is 11.6 Å². The Labute approximate surface area is 130 Å². The van der Waals surface area contributed by atoms with Crippen molar-refractivity contribution < 1.29 is 4.74 Å². The summed E-state index contributed by atoms with van der Waals surface area (Å²) in [6.45, 7) is 1.93. The molecule has 0 unspecified atom stereocenters. The molecule has 0 atom stereocenters. The maximum absolute atomic E-state index is 5.96. The number of aryl methyl sites for hydroxylation is 1. The first-order valence-corrected chi connectivity index (χ1v) is 6.98. The van der Waals surface area contributed by atoms with Crippen molar-refractivity contribution in [3.05, 3.63) is 46.9 Å². The topological polar surface area (TPSA) is 67.9 Å². The zero-order valence-corrected chi connectivity index (χ0v) is 12.6. The number of rotatable bonds is 1. The quantitative estimate of drug-likeness (QED) is 0.689. The van der Waals surface area contributed by atoms with Gasteiger partial charge in [0.2, 0.25) is 5.90 Å². The monoisotopic (exact) mass is 314 g/mol. The van der Waals surface area contributed by atoms with Gasteiger partial charge in [-0.25, -0.2) is 5.01 Å². The Morgan fingerprint density at radius 2 is 1.95 bits per heavy atom. The predicted octanol–water partition coefficient (Wildman–Crippen LogP) is 2.28. The number of hydrazone groups is 1. The number of anilines is 1. The summed E-state index contributed by atoms with van der Waals surface area (Å²) in [6, 6.07) is 7.32. The first-order chi connectivity index (χ1) is 10.6. The van der Waals surface area contributed by atoms with E-state index in [-0.39, 0.29) is 0 Å². The van der Waals surface area contributed by atoms with Crippen LogP contribution in [0.3, 0.4) is 0 Å². The van der Waals surface area contributed by atoms with Crippen LogP contribution >= 0.6 is 11.6 Å². The second-order valence-corrected chi connectivity index (χ2v) is 5.33. The van der Waals surface area contributed by atoms with Gasteiger partial charge in [0.25, 0.3) is 5.78 Å². The van der Waals surface area contributed by atoms with Gasteiger partial charge < -0.3 is 4.74 Å². The Bertz CT molecular complexity index is 902. The van der Waals surface area contributed by atoms with Gasteiger partial charge in [-0.3, -0.25) is 4.40 Å². The highest BCUT2D eigenvalue weighted by Gasteiger charge is 2.25. The van der Waals surface area contributed by atoms with E-state index in [0.717, 1.165) is 11.3 Å². The fourth-order valence-corrected chi connectivity index (χ4v) is 2.43. The first kappa shape index (κ1) is 13.0. The number of ether oxygens (including phenoxy) is 1. The molecule has 3 aromatic rings. The van der Waals surface area contributed by atoms with Crippen molar-refractivity contribution in [3.8, 4) is 5.75 Å². The normalized spacial score (nSPS) is 13.8. The van der Waals surface area contributed by atoms with Crippen LogP contribution in [0.25, 0.3) is 5.78 Å². The molecule has 110 valence electrons. The zero-order chi connectivity index (χ0) is 15.3. The summed E-state index contributed by atoms with van der Waals surface area (Å²) >= 11 is 5.92. The zero-order valence-electron chi connectivity index (χ0n) is 11.9. The van der Waals surface area contributed by atoms with Crippen molar-refractivity contribution in [1.29, 1.82) is 0 Å². The van der Waals surface area contributed by atoms with E-state index in [1.165, 1.54) is 0 Å². The van der Waals surface area contributed by atoms with E-state index in [1.807, 2.05) is 26.1 Å². The summed E-state index contributed by atoms with van der Waals surface area (Å²) in [5.41, 5.74) is 1.70. The Morgan fingerprint density at radius 1 is 1.18 bits per heavy atom. The van der Waals surface area contributed by atoms with Gasteiger partial charge in [0.1, 0.15) is 6.33 Å². The van der Waals surface area contributed by atoms with Crippen molar-refractivity contribution >= 4 is 29.1 Å². The number of benzene rings is 1. The van der Waals surface area contributed by atoms with Crippen molar-refractivity contribution in [2.24, 2.45) is 5.10 Å². The number of hydrogen-bond donors (Lipinski definition) is 0. The van der Waals surface area contributed by atoms with E-state index < -0.39 is 0 Å². The smallest absolute Gasteiger partial charge is 0.257 e. The summed E-state index contributed by atoms with van der Waals surface area (Å²) in [4.78, 5) is 4.42.